The minimum atomic E-state index is 1.04. The summed E-state index contributed by atoms with van der Waals surface area (Å²) in [6.45, 7) is 10.1. The highest BCUT2D eigenvalue weighted by atomic mass is 14.7. The van der Waals surface area contributed by atoms with E-state index in [2.05, 4.69) is 30.1 Å². The molecule has 0 spiro atoms. The van der Waals surface area contributed by atoms with Crippen LogP contribution >= 0.6 is 0 Å². The molecule has 0 fully saturated rings. The first kappa shape index (κ1) is 13.6. The van der Waals surface area contributed by atoms with Gasteiger partial charge in [-0.05, 0) is 44.0 Å². The average molecular weight is 203 g/mol. The third-order valence-corrected chi connectivity index (χ3v) is 1.87. The molecule has 0 amide bonds. The minimum Gasteiger partial charge on any atom is -0.256 e. The molecule has 1 heteroatoms. The van der Waals surface area contributed by atoms with Crippen LogP contribution in [-0.4, -0.2) is 4.98 Å². The Hall–Kier alpha value is -1.37. The molecular formula is C14H21N. The highest BCUT2D eigenvalue weighted by Crippen LogP contribution is 2.13. The number of aromatic nitrogens is 1. The van der Waals surface area contributed by atoms with E-state index in [1.807, 2.05) is 46.0 Å². The number of hydrogen-bond donors (Lipinski definition) is 0. The van der Waals surface area contributed by atoms with Gasteiger partial charge in [0.25, 0.3) is 0 Å². The van der Waals surface area contributed by atoms with Crippen molar-refractivity contribution >= 4 is 5.57 Å². The maximum atomic E-state index is 4.31. The van der Waals surface area contributed by atoms with Crippen LogP contribution in [0.1, 0.15) is 39.0 Å². The number of nitrogens with zero attached hydrogens (tertiary/aromatic N) is 1. The predicted octanol–water partition coefficient (Wildman–Crippen LogP) is 4.40. The summed E-state index contributed by atoms with van der Waals surface area (Å²) < 4.78 is 0. The van der Waals surface area contributed by atoms with Gasteiger partial charge in [-0.2, -0.15) is 0 Å². The molecule has 0 bridgehead atoms. The van der Waals surface area contributed by atoms with Crippen LogP contribution in [0.15, 0.2) is 36.6 Å². The molecule has 0 radical (unpaired) electrons. The maximum absolute atomic E-state index is 4.31. The van der Waals surface area contributed by atoms with Crippen molar-refractivity contribution in [2.75, 3.05) is 0 Å². The number of pyridine rings is 1. The quantitative estimate of drug-likeness (QED) is 0.649. The lowest BCUT2D eigenvalue weighted by atomic mass is 10.1. The van der Waals surface area contributed by atoms with Crippen LogP contribution in [0.5, 0.6) is 0 Å². The van der Waals surface area contributed by atoms with Crippen molar-refractivity contribution in [2.45, 2.75) is 34.6 Å². The Labute approximate surface area is 93.6 Å². The van der Waals surface area contributed by atoms with E-state index in [0.29, 0.717) is 0 Å². The van der Waals surface area contributed by atoms with Gasteiger partial charge in [0.05, 0.1) is 5.69 Å². The fraction of sp³-hybridized carbons (Fsp3) is 0.357. The second kappa shape index (κ2) is 7.98. The summed E-state index contributed by atoms with van der Waals surface area (Å²) in [4.78, 5) is 4.31. The Morgan fingerprint density at radius 2 is 1.93 bits per heavy atom. The Balaban J connectivity index is 0.000000921. The van der Waals surface area contributed by atoms with Crippen molar-refractivity contribution in [3.05, 3.63) is 47.8 Å². The van der Waals surface area contributed by atoms with Gasteiger partial charge < -0.3 is 0 Å². The normalized spacial score (nSPS) is 11.1. The summed E-state index contributed by atoms with van der Waals surface area (Å²) in [6, 6.07) is 4.10. The van der Waals surface area contributed by atoms with Gasteiger partial charge in [0.1, 0.15) is 0 Å². The van der Waals surface area contributed by atoms with Gasteiger partial charge in [-0.25, -0.2) is 0 Å². The Morgan fingerprint density at radius 3 is 2.40 bits per heavy atom. The van der Waals surface area contributed by atoms with E-state index in [0.717, 1.165) is 5.69 Å². The second-order valence-corrected chi connectivity index (χ2v) is 2.96. The SMILES string of the molecule is C/C=C\C(=C/C)c1cc(C)ccn1.CC. The van der Waals surface area contributed by atoms with Crippen LogP contribution in [0.4, 0.5) is 0 Å². The third-order valence-electron chi connectivity index (χ3n) is 1.87. The summed E-state index contributed by atoms with van der Waals surface area (Å²) in [5, 5.41) is 0. The van der Waals surface area contributed by atoms with Crippen LogP contribution in [0, 0.1) is 6.92 Å². The average Bonchev–Trinajstić information content (AvgIpc) is 2.28. The molecule has 0 aromatic carbocycles. The molecule has 82 valence electrons. The van der Waals surface area contributed by atoms with E-state index < -0.39 is 0 Å². The molecule has 0 atom stereocenters. The number of hydrogen-bond acceptors (Lipinski definition) is 1. The van der Waals surface area contributed by atoms with E-state index in [1.165, 1.54) is 11.1 Å². The van der Waals surface area contributed by atoms with E-state index in [-0.39, 0.29) is 0 Å². The highest BCUT2D eigenvalue weighted by Gasteiger charge is 1.97. The summed E-state index contributed by atoms with van der Waals surface area (Å²) in [7, 11) is 0. The van der Waals surface area contributed by atoms with Crippen LogP contribution in [-0.2, 0) is 0 Å². The Morgan fingerprint density at radius 1 is 1.27 bits per heavy atom. The fourth-order valence-electron chi connectivity index (χ4n) is 1.20. The van der Waals surface area contributed by atoms with E-state index >= 15 is 0 Å². The van der Waals surface area contributed by atoms with Gasteiger partial charge in [-0.3, -0.25) is 4.98 Å². The molecule has 1 heterocycles. The molecular weight excluding hydrogens is 182 g/mol. The van der Waals surface area contributed by atoms with Crippen LogP contribution in [0.25, 0.3) is 5.57 Å². The van der Waals surface area contributed by atoms with Crippen LogP contribution < -0.4 is 0 Å². The standard InChI is InChI=1S/C12H15N.C2H6/c1-4-6-11(5-2)12-9-10(3)7-8-13-12;1-2/h4-9H,1-3H3;1-2H3/b6-4-,11-5+;. The van der Waals surface area contributed by atoms with Crippen molar-refractivity contribution in [3.8, 4) is 0 Å². The van der Waals surface area contributed by atoms with Crippen molar-refractivity contribution in [3.63, 3.8) is 0 Å². The summed E-state index contributed by atoms with van der Waals surface area (Å²) in [5.41, 5.74) is 3.46. The fourth-order valence-corrected chi connectivity index (χ4v) is 1.20. The Kier molecular flexibility index (Phi) is 7.25. The molecule has 0 N–H and O–H groups in total. The van der Waals surface area contributed by atoms with E-state index in [4.69, 9.17) is 0 Å². The van der Waals surface area contributed by atoms with Crippen LogP contribution in [0.2, 0.25) is 0 Å². The van der Waals surface area contributed by atoms with Gasteiger partial charge >= 0.3 is 0 Å². The lowest BCUT2D eigenvalue weighted by Gasteiger charge is -2.01. The third kappa shape index (κ3) is 4.59. The summed E-state index contributed by atoms with van der Waals surface area (Å²) >= 11 is 0. The van der Waals surface area contributed by atoms with Gasteiger partial charge in [-0.15, -0.1) is 0 Å². The topological polar surface area (TPSA) is 12.9 Å². The maximum Gasteiger partial charge on any atom is 0.0701 e. The predicted molar refractivity (Wildman–Crippen MR) is 68.8 cm³/mol. The van der Waals surface area contributed by atoms with Gasteiger partial charge in [0, 0.05) is 6.20 Å². The first-order chi connectivity index (χ1) is 7.27. The van der Waals surface area contributed by atoms with E-state index in [9.17, 15) is 0 Å². The molecule has 0 saturated heterocycles. The zero-order valence-corrected chi connectivity index (χ0v) is 10.4. The van der Waals surface area contributed by atoms with Gasteiger partial charge in [-0.1, -0.05) is 32.1 Å². The molecule has 1 aromatic rings. The molecule has 0 aliphatic rings. The van der Waals surface area contributed by atoms with Crippen molar-refractivity contribution in [1.29, 1.82) is 0 Å². The largest absolute Gasteiger partial charge is 0.256 e. The zero-order valence-electron chi connectivity index (χ0n) is 10.4. The first-order valence-electron chi connectivity index (χ1n) is 5.50. The van der Waals surface area contributed by atoms with Gasteiger partial charge in [0.2, 0.25) is 0 Å². The Bertz CT molecular complexity index is 335. The first-order valence-corrected chi connectivity index (χ1v) is 5.50. The lowest BCUT2D eigenvalue weighted by molar-refractivity contribution is 1.24. The monoisotopic (exact) mass is 203 g/mol. The lowest BCUT2D eigenvalue weighted by Crippen LogP contribution is -1.86. The zero-order chi connectivity index (χ0) is 11.7. The number of allylic oxidation sites excluding steroid dienone is 4. The molecule has 1 rings (SSSR count). The van der Waals surface area contributed by atoms with Crippen molar-refractivity contribution in [2.24, 2.45) is 0 Å². The van der Waals surface area contributed by atoms with E-state index in [1.54, 1.807) is 0 Å². The second-order valence-electron chi connectivity index (χ2n) is 2.96. The molecule has 0 aliphatic heterocycles. The molecule has 1 aromatic heterocycles. The minimum absolute atomic E-state index is 1.04. The molecule has 1 nitrogen and oxygen atoms in total. The number of aryl methyl sites for hydroxylation is 1. The molecule has 0 aliphatic carbocycles. The molecule has 0 unspecified atom stereocenters. The van der Waals surface area contributed by atoms with Crippen molar-refractivity contribution < 1.29 is 0 Å². The number of rotatable bonds is 2. The van der Waals surface area contributed by atoms with Crippen molar-refractivity contribution in [1.82, 2.24) is 4.98 Å². The molecule has 0 saturated carbocycles. The highest BCUT2D eigenvalue weighted by molar-refractivity contribution is 5.71. The smallest absolute Gasteiger partial charge is 0.0701 e. The summed E-state index contributed by atoms with van der Waals surface area (Å²) in [5.74, 6) is 0. The van der Waals surface area contributed by atoms with Gasteiger partial charge in [0.15, 0.2) is 0 Å². The summed E-state index contributed by atoms with van der Waals surface area (Å²) in [6.07, 6.45) is 8.01. The van der Waals surface area contributed by atoms with Crippen LogP contribution in [0.3, 0.4) is 0 Å². The molecule has 15 heavy (non-hydrogen) atoms.